The third-order valence-electron chi connectivity index (χ3n) is 8.16. The SMILES string of the molecule is Cc1ccc(S(=O)(=O)N(C)C)cc1SC(/C=C/C=C1/N(CCCCCC(=O)O)c2ccc(S(=O)(=O)O)cc2C1(C)C)=NCCCCS(=O)(=O)O. The molecule has 0 aliphatic carbocycles. The fourth-order valence-electron chi connectivity index (χ4n) is 5.38. The van der Waals surface area contributed by atoms with Crippen LogP contribution in [-0.4, -0.2) is 87.7 Å². The molecular weight excluding hydrogens is 727 g/mol. The van der Waals surface area contributed by atoms with E-state index in [4.69, 9.17) is 9.66 Å². The first kappa shape index (κ1) is 41.4. The number of carboxylic acids is 1. The summed E-state index contributed by atoms with van der Waals surface area (Å²) in [6.07, 6.45) is 7.88. The highest BCUT2D eigenvalue weighted by atomic mass is 32.2. The van der Waals surface area contributed by atoms with Crippen LogP contribution in [-0.2, 0) is 40.5 Å². The molecule has 1 aliphatic rings. The molecule has 0 spiro atoms. The van der Waals surface area contributed by atoms with Gasteiger partial charge in [0.2, 0.25) is 10.0 Å². The Balaban J connectivity index is 2.02. The van der Waals surface area contributed by atoms with Crippen LogP contribution in [0.5, 0.6) is 0 Å². The predicted molar refractivity (Wildman–Crippen MR) is 196 cm³/mol. The van der Waals surface area contributed by atoms with Crippen molar-refractivity contribution in [3.63, 3.8) is 0 Å². The van der Waals surface area contributed by atoms with Gasteiger partial charge in [0.05, 0.1) is 20.6 Å². The third kappa shape index (κ3) is 11.2. The van der Waals surface area contributed by atoms with Crippen LogP contribution in [0, 0.1) is 6.92 Å². The Morgan fingerprint density at radius 3 is 2.24 bits per heavy atom. The summed E-state index contributed by atoms with van der Waals surface area (Å²) in [4.78, 5) is 18.2. The number of aliphatic imine (C=N–C) groups is 1. The van der Waals surface area contributed by atoms with Gasteiger partial charge in [0.1, 0.15) is 0 Å². The highest BCUT2D eigenvalue weighted by molar-refractivity contribution is 8.14. The third-order valence-corrected chi connectivity index (χ3v) is 12.8. The van der Waals surface area contributed by atoms with Gasteiger partial charge in [-0.2, -0.15) is 16.8 Å². The largest absolute Gasteiger partial charge is 0.481 e. The minimum absolute atomic E-state index is 0.0598. The number of nitrogens with zero attached hydrogens (tertiary/aromatic N) is 3. The van der Waals surface area contributed by atoms with E-state index in [1.165, 1.54) is 44.1 Å². The van der Waals surface area contributed by atoms with E-state index < -0.39 is 47.4 Å². The molecule has 0 unspecified atom stereocenters. The first-order valence-corrected chi connectivity index (χ1v) is 21.2. The van der Waals surface area contributed by atoms with Crippen LogP contribution in [0.15, 0.2) is 80.0 Å². The topological polar surface area (TPSA) is 199 Å². The zero-order valence-electron chi connectivity index (χ0n) is 28.7. The van der Waals surface area contributed by atoms with Gasteiger partial charge < -0.3 is 10.0 Å². The van der Waals surface area contributed by atoms with E-state index in [0.29, 0.717) is 47.7 Å². The number of carbonyl (C=O) groups is 1. The van der Waals surface area contributed by atoms with E-state index in [-0.39, 0.29) is 29.2 Å². The first-order chi connectivity index (χ1) is 23.1. The Labute approximate surface area is 299 Å². The van der Waals surface area contributed by atoms with Crippen molar-refractivity contribution in [1.82, 2.24) is 4.31 Å². The second kappa shape index (κ2) is 17.0. The van der Waals surface area contributed by atoms with Crippen LogP contribution in [0.3, 0.4) is 0 Å². The average Bonchev–Trinajstić information content (AvgIpc) is 3.21. The molecule has 1 heterocycles. The van der Waals surface area contributed by atoms with Gasteiger partial charge in [-0.05, 0) is 86.2 Å². The summed E-state index contributed by atoms with van der Waals surface area (Å²) < 4.78 is 91.9. The molecular formula is C33H45N3O10S4. The summed E-state index contributed by atoms with van der Waals surface area (Å²) in [5.41, 5.74) is 2.39. The fraction of sp³-hybridized carbons (Fsp3) is 0.455. The van der Waals surface area contributed by atoms with Gasteiger partial charge in [-0.25, -0.2) is 12.7 Å². The molecule has 2 aromatic rings. The number of aryl methyl sites for hydroxylation is 1. The van der Waals surface area contributed by atoms with Crippen molar-refractivity contribution < 1.29 is 44.3 Å². The maximum atomic E-state index is 12.8. The lowest BCUT2D eigenvalue weighted by atomic mass is 9.83. The quantitative estimate of drug-likeness (QED) is 0.0598. The number of carboxylic acid groups (broad SMARTS) is 1. The Morgan fingerprint density at radius 2 is 1.62 bits per heavy atom. The number of aliphatic carboxylic acids is 1. The Hall–Kier alpha value is -3.06. The first-order valence-electron chi connectivity index (χ1n) is 15.9. The van der Waals surface area contributed by atoms with Crippen LogP contribution in [0.2, 0.25) is 0 Å². The molecule has 0 fully saturated rings. The number of allylic oxidation sites excluding steroid dienone is 3. The number of benzene rings is 2. The van der Waals surface area contributed by atoms with E-state index in [2.05, 4.69) is 4.99 Å². The molecule has 17 heteroatoms. The molecule has 0 saturated carbocycles. The van der Waals surface area contributed by atoms with E-state index in [1.54, 1.807) is 30.4 Å². The van der Waals surface area contributed by atoms with Gasteiger partial charge >= 0.3 is 5.97 Å². The number of hydrogen-bond donors (Lipinski definition) is 3. The van der Waals surface area contributed by atoms with Gasteiger partial charge in [0.25, 0.3) is 20.2 Å². The van der Waals surface area contributed by atoms with Crippen molar-refractivity contribution in [2.45, 2.75) is 79.4 Å². The molecule has 3 N–H and O–H groups in total. The Kier molecular flexibility index (Phi) is 14.0. The van der Waals surface area contributed by atoms with Crippen molar-refractivity contribution in [3.05, 3.63) is 71.5 Å². The molecule has 0 amide bonds. The number of sulfonamides is 1. The summed E-state index contributed by atoms with van der Waals surface area (Å²) in [5, 5.41) is 9.53. The molecule has 2 aromatic carbocycles. The number of thioether (sulfide) groups is 1. The van der Waals surface area contributed by atoms with Crippen molar-refractivity contribution in [3.8, 4) is 0 Å². The molecule has 50 heavy (non-hydrogen) atoms. The smallest absolute Gasteiger partial charge is 0.303 e. The zero-order chi connectivity index (χ0) is 37.5. The molecule has 1 aliphatic heterocycles. The Bertz CT molecular complexity index is 1990. The van der Waals surface area contributed by atoms with Crippen molar-refractivity contribution in [1.29, 1.82) is 0 Å². The van der Waals surface area contributed by atoms with Crippen LogP contribution in [0.25, 0.3) is 0 Å². The molecule has 0 radical (unpaired) electrons. The molecule has 0 atom stereocenters. The van der Waals surface area contributed by atoms with Crippen LogP contribution < -0.4 is 4.90 Å². The maximum absolute atomic E-state index is 12.8. The van der Waals surface area contributed by atoms with Gasteiger partial charge in [0, 0.05) is 55.3 Å². The van der Waals surface area contributed by atoms with Gasteiger partial charge in [-0.15, -0.1) is 0 Å². The molecule has 3 rings (SSSR count). The van der Waals surface area contributed by atoms with E-state index in [1.807, 2.05) is 31.7 Å². The highest BCUT2D eigenvalue weighted by Gasteiger charge is 2.40. The van der Waals surface area contributed by atoms with Crippen LogP contribution in [0.1, 0.15) is 63.5 Å². The minimum atomic E-state index is -4.46. The number of anilines is 1. The summed E-state index contributed by atoms with van der Waals surface area (Å²) in [6, 6.07) is 9.27. The zero-order valence-corrected chi connectivity index (χ0v) is 32.0. The standard InChI is InChI=1S/C33H45N3O10S4/c1-24-15-16-25(49(42,43)35(4)5)23-29(24)47-31(34-19-8-10-21-48(39,40)41)13-11-12-30-33(2,3)27-22-26(50(44,45)46)17-18-28(27)36(30)20-9-6-7-14-32(37)38/h11-13,15-18,22-23H,6-10,14,19-21H2,1-5H3,(H,37,38)(H,39,40,41)(H,44,45,46)/b13-11+,30-12+,34-31?. The fourth-order valence-corrected chi connectivity index (χ4v) is 8.40. The molecule has 0 bridgehead atoms. The van der Waals surface area contributed by atoms with Crippen LogP contribution in [0.4, 0.5) is 5.69 Å². The lowest BCUT2D eigenvalue weighted by Crippen LogP contribution is -2.27. The summed E-state index contributed by atoms with van der Waals surface area (Å²) >= 11 is 1.25. The van der Waals surface area contributed by atoms with E-state index >= 15 is 0 Å². The Morgan fingerprint density at radius 1 is 0.940 bits per heavy atom. The van der Waals surface area contributed by atoms with Crippen molar-refractivity contribution >= 4 is 58.7 Å². The molecule has 276 valence electrons. The summed E-state index contributed by atoms with van der Waals surface area (Å²) in [7, 11) is -9.37. The van der Waals surface area contributed by atoms with Gasteiger partial charge in [0.15, 0.2) is 0 Å². The summed E-state index contributed by atoms with van der Waals surface area (Å²) in [5.74, 6) is -1.26. The minimum Gasteiger partial charge on any atom is -0.481 e. The predicted octanol–water partition coefficient (Wildman–Crippen LogP) is 5.53. The van der Waals surface area contributed by atoms with Gasteiger partial charge in [-0.3, -0.25) is 18.9 Å². The lowest BCUT2D eigenvalue weighted by molar-refractivity contribution is -0.137. The second-order valence-electron chi connectivity index (χ2n) is 12.6. The normalized spacial score (nSPS) is 16.1. The molecule has 13 nitrogen and oxygen atoms in total. The van der Waals surface area contributed by atoms with E-state index in [0.717, 1.165) is 21.3 Å². The monoisotopic (exact) mass is 771 g/mol. The second-order valence-corrected chi connectivity index (χ2v) is 18.8. The number of hydrogen-bond acceptors (Lipinski definition) is 10. The molecule has 0 aromatic heterocycles. The van der Waals surface area contributed by atoms with Crippen LogP contribution >= 0.6 is 11.8 Å². The lowest BCUT2D eigenvalue weighted by Gasteiger charge is -2.27. The van der Waals surface area contributed by atoms with Crippen molar-refractivity contribution in [2.75, 3.05) is 37.8 Å². The number of rotatable bonds is 17. The maximum Gasteiger partial charge on any atom is 0.303 e. The summed E-state index contributed by atoms with van der Waals surface area (Å²) in [6.45, 7) is 6.48. The molecule has 0 saturated heterocycles. The number of fused-ring (bicyclic) bond motifs is 1. The van der Waals surface area contributed by atoms with E-state index in [9.17, 15) is 34.6 Å². The average molecular weight is 772 g/mol. The highest BCUT2D eigenvalue weighted by Crippen LogP contribution is 2.48. The van der Waals surface area contributed by atoms with Gasteiger partial charge in [-0.1, -0.05) is 44.2 Å². The number of unbranched alkanes of at least 4 members (excludes halogenated alkanes) is 3. The van der Waals surface area contributed by atoms with Crippen molar-refractivity contribution in [2.24, 2.45) is 4.99 Å².